The molecule has 0 spiro atoms. The molecule has 2 aliphatic heterocycles. The number of imidazole rings is 1. The Morgan fingerprint density at radius 3 is 3.19 bits per heavy atom. The van der Waals surface area contributed by atoms with E-state index in [1.165, 1.54) is 0 Å². The van der Waals surface area contributed by atoms with Crippen molar-refractivity contribution in [3.8, 4) is 0 Å². The number of hydrogen-bond acceptors (Lipinski definition) is 3. The Balaban J connectivity index is 1.60. The van der Waals surface area contributed by atoms with Crippen molar-refractivity contribution < 1.29 is 4.79 Å². The van der Waals surface area contributed by atoms with Crippen molar-refractivity contribution in [3.05, 3.63) is 36.3 Å². The Labute approximate surface area is 124 Å². The number of nitrogens with zero attached hydrogens (tertiary/aromatic N) is 3. The molecule has 2 unspecified atom stereocenters. The lowest BCUT2D eigenvalue weighted by molar-refractivity contribution is -0.140. The molecule has 4 heterocycles. The second-order valence-electron chi connectivity index (χ2n) is 6.08. The Morgan fingerprint density at radius 2 is 2.29 bits per heavy atom. The van der Waals surface area contributed by atoms with Crippen LogP contribution in [0.4, 0.5) is 0 Å². The molecule has 0 bridgehead atoms. The second kappa shape index (κ2) is 5.15. The molecule has 0 radical (unpaired) electrons. The summed E-state index contributed by atoms with van der Waals surface area (Å²) < 4.78 is 2.02. The Bertz CT molecular complexity index is 632. The van der Waals surface area contributed by atoms with Gasteiger partial charge in [0.1, 0.15) is 5.65 Å². The largest absolute Gasteiger partial charge is 0.333 e. The zero-order valence-corrected chi connectivity index (χ0v) is 12.0. The van der Waals surface area contributed by atoms with Crippen LogP contribution in [0.2, 0.25) is 0 Å². The molecule has 2 aliphatic rings. The molecule has 0 aromatic carbocycles. The van der Waals surface area contributed by atoms with Crippen LogP contribution in [0, 0.1) is 5.92 Å². The lowest BCUT2D eigenvalue weighted by atomic mass is 9.84. The van der Waals surface area contributed by atoms with Crippen LogP contribution >= 0.6 is 0 Å². The van der Waals surface area contributed by atoms with E-state index in [-0.39, 0.29) is 5.91 Å². The van der Waals surface area contributed by atoms with Crippen molar-refractivity contribution in [1.29, 1.82) is 0 Å². The number of nitrogens with one attached hydrogen (secondary N) is 1. The normalized spacial score (nSPS) is 26.1. The van der Waals surface area contributed by atoms with Crippen molar-refractivity contribution >= 4 is 11.6 Å². The van der Waals surface area contributed by atoms with Gasteiger partial charge in [0.2, 0.25) is 5.91 Å². The van der Waals surface area contributed by atoms with Gasteiger partial charge in [0.15, 0.2) is 0 Å². The van der Waals surface area contributed by atoms with Gasteiger partial charge in [-0.1, -0.05) is 6.07 Å². The summed E-state index contributed by atoms with van der Waals surface area (Å²) in [6, 6.07) is 6.36. The van der Waals surface area contributed by atoms with E-state index in [0.29, 0.717) is 24.9 Å². The highest BCUT2D eigenvalue weighted by molar-refractivity contribution is 5.77. The summed E-state index contributed by atoms with van der Waals surface area (Å²) in [7, 11) is 0. The first-order chi connectivity index (χ1) is 10.3. The third kappa shape index (κ3) is 2.31. The molecule has 2 saturated heterocycles. The van der Waals surface area contributed by atoms with E-state index in [4.69, 9.17) is 0 Å². The lowest BCUT2D eigenvalue weighted by Gasteiger charge is -2.43. The lowest BCUT2D eigenvalue weighted by Crippen LogP contribution is -2.54. The van der Waals surface area contributed by atoms with Gasteiger partial charge in [0.25, 0.3) is 0 Å². The summed E-state index contributed by atoms with van der Waals surface area (Å²) in [4.78, 5) is 19.0. The highest BCUT2D eigenvalue weighted by Gasteiger charge is 2.37. The van der Waals surface area contributed by atoms with Gasteiger partial charge in [-0.25, -0.2) is 4.98 Å². The smallest absolute Gasteiger partial charge is 0.223 e. The predicted molar refractivity (Wildman–Crippen MR) is 79.7 cm³/mol. The molecule has 110 valence electrons. The molecule has 1 N–H and O–H groups in total. The highest BCUT2D eigenvalue weighted by atomic mass is 16.2. The van der Waals surface area contributed by atoms with Gasteiger partial charge in [-0.3, -0.25) is 4.79 Å². The average Bonchev–Trinajstić information content (AvgIpc) is 2.92. The second-order valence-corrected chi connectivity index (χ2v) is 6.08. The third-order valence-electron chi connectivity index (χ3n) is 4.76. The van der Waals surface area contributed by atoms with Gasteiger partial charge in [-0.15, -0.1) is 0 Å². The highest BCUT2D eigenvalue weighted by Crippen LogP contribution is 2.29. The maximum atomic E-state index is 12.3. The molecule has 0 aliphatic carbocycles. The van der Waals surface area contributed by atoms with E-state index >= 15 is 0 Å². The van der Waals surface area contributed by atoms with Crippen molar-refractivity contribution in [1.82, 2.24) is 19.6 Å². The number of rotatable bonds is 2. The standard InChI is InChI=1S/C16H20N4O/c21-16-5-4-12-9-17-7-6-14(12)20(16)11-13-10-19-8-2-1-3-15(19)18-13/h1-3,8,10,12,14,17H,4-7,9,11H2. The number of amides is 1. The van der Waals surface area contributed by atoms with Crippen LogP contribution in [0.25, 0.3) is 5.65 Å². The molecule has 21 heavy (non-hydrogen) atoms. The van der Waals surface area contributed by atoms with Crippen molar-refractivity contribution in [3.63, 3.8) is 0 Å². The summed E-state index contributed by atoms with van der Waals surface area (Å²) in [5.74, 6) is 0.892. The zero-order chi connectivity index (χ0) is 14.2. The van der Waals surface area contributed by atoms with Crippen LogP contribution < -0.4 is 5.32 Å². The molecule has 2 atom stereocenters. The van der Waals surface area contributed by atoms with Gasteiger partial charge in [-0.05, 0) is 44.0 Å². The van der Waals surface area contributed by atoms with Crippen LogP contribution in [0.15, 0.2) is 30.6 Å². The molecule has 4 rings (SSSR count). The predicted octanol–water partition coefficient (Wildman–Crippen LogP) is 1.43. The van der Waals surface area contributed by atoms with E-state index in [9.17, 15) is 4.79 Å². The topological polar surface area (TPSA) is 49.6 Å². The van der Waals surface area contributed by atoms with Gasteiger partial charge in [-0.2, -0.15) is 0 Å². The number of piperidine rings is 2. The maximum Gasteiger partial charge on any atom is 0.223 e. The molecule has 2 aromatic heterocycles. The number of aromatic nitrogens is 2. The van der Waals surface area contributed by atoms with E-state index in [1.54, 1.807) is 0 Å². The quantitative estimate of drug-likeness (QED) is 0.908. The van der Waals surface area contributed by atoms with E-state index in [2.05, 4.69) is 15.2 Å². The fourth-order valence-electron chi connectivity index (χ4n) is 3.69. The number of hydrogen-bond donors (Lipinski definition) is 1. The third-order valence-corrected chi connectivity index (χ3v) is 4.76. The van der Waals surface area contributed by atoms with E-state index < -0.39 is 0 Å². The molecule has 5 heteroatoms. The first-order valence-electron chi connectivity index (χ1n) is 7.74. The summed E-state index contributed by atoms with van der Waals surface area (Å²) in [6.45, 7) is 2.69. The zero-order valence-electron chi connectivity index (χ0n) is 12.0. The minimum Gasteiger partial charge on any atom is -0.333 e. The molecule has 1 amide bonds. The van der Waals surface area contributed by atoms with Crippen LogP contribution in [-0.4, -0.2) is 39.3 Å². The number of pyridine rings is 1. The minimum absolute atomic E-state index is 0.287. The van der Waals surface area contributed by atoms with Gasteiger partial charge >= 0.3 is 0 Å². The first kappa shape index (κ1) is 12.8. The minimum atomic E-state index is 0.287. The van der Waals surface area contributed by atoms with E-state index in [1.807, 2.05) is 35.0 Å². The van der Waals surface area contributed by atoms with Crippen molar-refractivity contribution in [2.75, 3.05) is 13.1 Å². The summed E-state index contributed by atoms with van der Waals surface area (Å²) in [6.07, 6.45) is 6.79. The number of carbonyl (C=O) groups excluding carboxylic acids is 1. The van der Waals surface area contributed by atoms with Gasteiger partial charge in [0, 0.05) is 24.9 Å². The molecule has 2 fully saturated rings. The fraction of sp³-hybridized carbons (Fsp3) is 0.500. The molecule has 2 aromatic rings. The fourth-order valence-corrected chi connectivity index (χ4v) is 3.69. The van der Waals surface area contributed by atoms with E-state index in [0.717, 1.165) is 37.3 Å². The maximum absolute atomic E-state index is 12.3. The molecular weight excluding hydrogens is 264 g/mol. The first-order valence-corrected chi connectivity index (χ1v) is 7.74. The van der Waals surface area contributed by atoms with Crippen molar-refractivity contribution in [2.45, 2.75) is 31.8 Å². The van der Waals surface area contributed by atoms with Gasteiger partial charge < -0.3 is 14.6 Å². The number of fused-ring (bicyclic) bond motifs is 2. The molecule has 0 saturated carbocycles. The number of carbonyl (C=O) groups is 1. The number of likely N-dealkylation sites (tertiary alicyclic amines) is 1. The SMILES string of the molecule is O=C1CCC2CNCCC2N1Cc1cn2ccccc2n1. The van der Waals surface area contributed by atoms with Crippen molar-refractivity contribution in [2.24, 2.45) is 5.92 Å². The summed E-state index contributed by atoms with van der Waals surface area (Å²) in [5, 5.41) is 3.45. The van der Waals surface area contributed by atoms with Crippen LogP contribution in [0.3, 0.4) is 0 Å². The van der Waals surface area contributed by atoms with Crippen LogP contribution in [0.5, 0.6) is 0 Å². The Kier molecular flexibility index (Phi) is 3.15. The summed E-state index contributed by atoms with van der Waals surface area (Å²) >= 11 is 0. The molecular formula is C16H20N4O. The molecule has 5 nitrogen and oxygen atoms in total. The summed E-state index contributed by atoms with van der Waals surface area (Å²) in [5.41, 5.74) is 1.92. The Morgan fingerprint density at radius 1 is 1.33 bits per heavy atom. The van der Waals surface area contributed by atoms with Crippen LogP contribution in [-0.2, 0) is 11.3 Å². The van der Waals surface area contributed by atoms with Gasteiger partial charge in [0.05, 0.1) is 12.2 Å². The average molecular weight is 284 g/mol. The monoisotopic (exact) mass is 284 g/mol. The Hall–Kier alpha value is -1.88. The van der Waals surface area contributed by atoms with Crippen LogP contribution in [0.1, 0.15) is 25.0 Å².